The number of carbonyl (C=O) groups excluding carboxylic acids is 2. The van der Waals surface area contributed by atoms with E-state index in [1.165, 1.54) is 0 Å². The van der Waals surface area contributed by atoms with Gasteiger partial charge in [0.1, 0.15) is 0 Å². The molecule has 0 N–H and O–H groups in total. The summed E-state index contributed by atoms with van der Waals surface area (Å²) >= 11 is 3.20. The van der Waals surface area contributed by atoms with Crippen molar-refractivity contribution in [3.63, 3.8) is 0 Å². The van der Waals surface area contributed by atoms with Gasteiger partial charge in [0.15, 0.2) is 10.4 Å². The molecule has 114 valence electrons. The van der Waals surface area contributed by atoms with Crippen LogP contribution in [0.25, 0.3) is 0 Å². The van der Waals surface area contributed by atoms with Gasteiger partial charge in [-0.3, -0.25) is 9.59 Å². The van der Waals surface area contributed by atoms with Crippen molar-refractivity contribution in [1.29, 1.82) is 0 Å². The van der Waals surface area contributed by atoms with Crippen molar-refractivity contribution in [3.8, 4) is 0 Å². The molecule has 0 aliphatic carbocycles. The molecule has 0 aromatic carbocycles. The second-order valence-electron chi connectivity index (χ2n) is 5.70. The molecular weight excluding hydrogens is 336 g/mol. The quantitative estimate of drug-likeness (QED) is 0.819. The van der Waals surface area contributed by atoms with Crippen molar-refractivity contribution in [2.24, 2.45) is 5.92 Å². The zero-order chi connectivity index (χ0) is 14.8. The molecule has 0 spiro atoms. The van der Waals surface area contributed by atoms with Crippen LogP contribution in [0.1, 0.15) is 36.2 Å². The van der Waals surface area contributed by atoms with E-state index < -0.39 is 0 Å². The SMILES string of the molecule is O=C(c1ccc(Br)o1)N1CCC(C(=O)N2CCCC2)CC1. The predicted octanol–water partition coefficient (Wildman–Crippen LogP) is 2.52. The second kappa shape index (κ2) is 6.22. The Kier molecular flexibility index (Phi) is 4.33. The van der Waals surface area contributed by atoms with E-state index in [1.54, 1.807) is 17.0 Å². The van der Waals surface area contributed by atoms with E-state index in [2.05, 4.69) is 15.9 Å². The third-order valence-corrected chi connectivity index (χ3v) is 4.76. The molecule has 0 atom stereocenters. The number of piperidine rings is 1. The highest BCUT2D eigenvalue weighted by Crippen LogP contribution is 2.24. The molecule has 21 heavy (non-hydrogen) atoms. The van der Waals surface area contributed by atoms with Gasteiger partial charge in [-0.25, -0.2) is 0 Å². The summed E-state index contributed by atoms with van der Waals surface area (Å²) < 4.78 is 5.86. The molecule has 2 saturated heterocycles. The first-order chi connectivity index (χ1) is 10.1. The number of furan rings is 1. The first-order valence-electron chi connectivity index (χ1n) is 7.48. The largest absolute Gasteiger partial charge is 0.444 e. The fraction of sp³-hybridized carbons (Fsp3) is 0.600. The Bertz CT molecular complexity index is 529. The molecule has 0 unspecified atom stereocenters. The van der Waals surface area contributed by atoms with Crippen LogP contribution in [0.15, 0.2) is 21.2 Å². The fourth-order valence-electron chi connectivity index (χ4n) is 3.11. The molecular formula is C15H19BrN2O3. The van der Waals surface area contributed by atoms with Gasteiger partial charge in [-0.15, -0.1) is 0 Å². The molecule has 2 aliphatic heterocycles. The first-order valence-corrected chi connectivity index (χ1v) is 8.28. The predicted molar refractivity (Wildman–Crippen MR) is 80.8 cm³/mol. The van der Waals surface area contributed by atoms with Crippen LogP contribution in [0.5, 0.6) is 0 Å². The van der Waals surface area contributed by atoms with Crippen LogP contribution in [0.4, 0.5) is 0 Å². The van der Waals surface area contributed by atoms with E-state index in [1.807, 2.05) is 4.90 Å². The van der Waals surface area contributed by atoms with Gasteiger partial charge < -0.3 is 14.2 Å². The number of rotatable bonds is 2. The summed E-state index contributed by atoms with van der Waals surface area (Å²) in [4.78, 5) is 28.4. The maximum atomic E-state index is 12.3. The first kappa shape index (κ1) is 14.6. The standard InChI is InChI=1S/C15H19BrN2O3/c16-13-4-3-12(21-13)15(20)18-9-5-11(6-10-18)14(19)17-7-1-2-8-17/h3-4,11H,1-2,5-10H2. The van der Waals surface area contributed by atoms with E-state index in [0.717, 1.165) is 38.8 Å². The van der Waals surface area contributed by atoms with Gasteiger partial charge in [-0.1, -0.05) is 0 Å². The monoisotopic (exact) mass is 354 g/mol. The van der Waals surface area contributed by atoms with E-state index in [0.29, 0.717) is 23.5 Å². The van der Waals surface area contributed by atoms with Crippen LogP contribution in [0.2, 0.25) is 0 Å². The van der Waals surface area contributed by atoms with Gasteiger partial charge in [0, 0.05) is 32.1 Å². The van der Waals surface area contributed by atoms with Crippen LogP contribution in [-0.2, 0) is 4.79 Å². The molecule has 6 heteroatoms. The molecule has 1 aromatic heterocycles. The van der Waals surface area contributed by atoms with Gasteiger partial charge >= 0.3 is 0 Å². The summed E-state index contributed by atoms with van der Waals surface area (Å²) in [6.07, 6.45) is 3.75. The Morgan fingerprint density at radius 1 is 1.05 bits per heavy atom. The number of nitrogens with zero attached hydrogens (tertiary/aromatic N) is 2. The number of hydrogen-bond acceptors (Lipinski definition) is 3. The Balaban J connectivity index is 1.55. The van der Waals surface area contributed by atoms with E-state index in [-0.39, 0.29) is 17.7 Å². The van der Waals surface area contributed by atoms with E-state index in [9.17, 15) is 9.59 Å². The maximum Gasteiger partial charge on any atom is 0.289 e. The highest BCUT2D eigenvalue weighted by atomic mass is 79.9. The number of hydrogen-bond donors (Lipinski definition) is 0. The minimum absolute atomic E-state index is 0.0792. The summed E-state index contributed by atoms with van der Waals surface area (Å²) in [6, 6.07) is 3.39. The topological polar surface area (TPSA) is 53.8 Å². The van der Waals surface area contributed by atoms with Crippen LogP contribution in [0, 0.1) is 5.92 Å². The van der Waals surface area contributed by atoms with Crippen molar-refractivity contribution in [2.45, 2.75) is 25.7 Å². The normalized spacial score (nSPS) is 20.0. The van der Waals surface area contributed by atoms with Gasteiger partial charge in [-0.2, -0.15) is 0 Å². The number of amides is 2. The average Bonchev–Trinajstić information content (AvgIpc) is 3.17. The summed E-state index contributed by atoms with van der Waals surface area (Å²) in [5, 5.41) is 0. The Labute approximate surface area is 132 Å². The molecule has 2 amide bonds. The number of halogens is 1. The van der Waals surface area contributed by atoms with Crippen molar-refractivity contribution in [1.82, 2.24) is 9.80 Å². The van der Waals surface area contributed by atoms with Crippen molar-refractivity contribution in [2.75, 3.05) is 26.2 Å². The van der Waals surface area contributed by atoms with Crippen molar-refractivity contribution in [3.05, 3.63) is 22.6 Å². The fourth-order valence-corrected chi connectivity index (χ4v) is 3.42. The van der Waals surface area contributed by atoms with E-state index >= 15 is 0 Å². The van der Waals surface area contributed by atoms with Crippen LogP contribution < -0.4 is 0 Å². The number of carbonyl (C=O) groups is 2. The minimum atomic E-state index is -0.0900. The molecule has 5 nitrogen and oxygen atoms in total. The molecule has 2 aliphatic rings. The zero-order valence-electron chi connectivity index (χ0n) is 11.9. The summed E-state index contributed by atoms with van der Waals surface area (Å²) in [5.74, 6) is 0.620. The smallest absolute Gasteiger partial charge is 0.289 e. The van der Waals surface area contributed by atoms with E-state index in [4.69, 9.17) is 4.42 Å². The molecule has 0 saturated carbocycles. The zero-order valence-corrected chi connectivity index (χ0v) is 13.5. The van der Waals surface area contributed by atoms with Gasteiger partial charge in [-0.05, 0) is 53.7 Å². The average molecular weight is 355 g/mol. The molecule has 0 bridgehead atoms. The third-order valence-electron chi connectivity index (χ3n) is 4.33. The molecule has 1 aromatic rings. The van der Waals surface area contributed by atoms with Gasteiger partial charge in [0.25, 0.3) is 5.91 Å². The molecule has 3 heterocycles. The van der Waals surface area contributed by atoms with Crippen LogP contribution >= 0.6 is 15.9 Å². The Morgan fingerprint density at radius 2 is 1.71 bits per heavy atom. The second-order valence-corrected chi connectivity index (χ2v) is 6.48. The van der Waals surface area contributed by atoms with Gasteiger partial charge in [0.05, 0.1) is 0 Å². The molecule has 2 fully saturated rings. The van der Waals surface area contributed by atoms with Crippen LogP contribution in [0.3, 0.4) is 0 Å². The van der Waals surface area contributed by atoms with Crippen molar-refractivity contribution >= 4 is 27.7 Å². The lowest BCUT2D eigenvalue weighted by molar-refractivity contribution is -0.135. The highest BCUT2D eigenvalue weighted by Gasteiger charge is 2.32. The summed E-state index contributed by atoms with van der Waals surface area (Å²) in [6.45, 7) is 3.06. The lowest BCUT2D eigenvalue weighted by atomic mass is 9.95. The van der Waals surface area contributed by atoms with Gasteiger partial charge in [0.2, 0.25) is 5.91 Å². The summed E-state index contributed by atoms with van der Waals surface area (Å²) in [5.41, 5.74) is 0. The van der Waals surface area contributed by atoms with Crippen molar-refractivity contribution < 1.29 is 14.0 Å². The molecule has 0 radical (unpaired) electrons. The van der Waals surface area contributed by atoms with Crippen LogP contribution in [-0.4, -0.2) is 47.8 Å². The molecule has 3 rings (SSSR count). The Hall–Kier alpha value is -1.30. The highest BCUT2D eigenvalue weighted by molar-refractivity contribution is 9.10. The lowest BCUT2D eigenvalue weighted by Crippen LogP contribution is -2.43. The number of likely N-dealkylation sites (tertiary alicyclic amines) is 2. The Morgan fingerprint density at radius 3 is 2.29 bits per heavy atom. The lowest BCUT2D eigenvalue weighted by Gasteiger charge is -2.32. The third kappa shape index (κ3) is 3.15. The maximum absolute atomic E-state index is 12.3. The minimum Gasteiger partial charge on any atom is -0.444 e. The summed E-state index contributed by atoms with van der Waals surface area (Å²) in [7, 11) is 0.